The summed E-state index contributed by atoms with van der Waals surface area (Å²) >= 11 is 3.22. The molecule has 1 aliphatic heterocycles. The summed E-state index contributed by atoms with van der Waals surface area (Å²) in [7, 11) is 1.40. The van der Waals surface area contributed by atoms with Crippen LogP contribution in [0.1, 0.15) is 28.1 Å². The number of rotatable bonds is 6. The molecule has 0 fully saturated rings. The summed E-state index contributed by atoms with van der Waals surface area (Å²) in [6.07, 6.45) is -2.38. The Kier molecular flexibility index (Phi) is 6.99. The second kappa shape index (κ2) is 9.77. The van der Waals surface area contributed by atoms with E-state index in [1.165, 1.54) is 36.1 Å². The van der Waals surface area contributed by atoms with E-state index in [9.17, 15) is 18.0 Å². The first-order valence-electron chi connectivity index (χ1n) is 10.5. The predicted molar refractivity (Wildman–Crippen MR) is 126 cm³/mol. The van der Waals surface area contributed by atoms with E-state index in [1.807, 2.05) is 6.92 Å². The number of hydrogen-bond donors (Lipinski definition) is 0. The zero-order valence-electron chi connectivity index (χ0n) is 18.2. The molecule has 0 aliphatic carbocycles. The Bertz CT molecular complexity index is 1140. The molecule has 1 aliphatic rings. The van der Waals surface area contributed by atoms with Gasteiger partial charge in [0.25, 0.3) is 0 Å². The van der Waals surface area contributed by atoms with E-state index in [4.69, 9.17) is 4.74 Å². The van der Waals surface area contributed by atoms with E-state index < -0.39 is 11.7 Å². The van der Waals surface area contributed by atoms with Crippen LogP contribution in [0.3, 0.4) is 0 Å². The molecule has 33 heavy (non-hydrogen) atoms. The molecular weight excluding hydrogens is 469 g/mol. The maximum Gasteiger partial charge on any atom is 0.416 e. The molecule has 174 valence electrons. The monoisotopic (exact) mass is 492 g/mol. The van der Waals surface area contributed by atoms with Crippen molar-refractivity contribution in [3.05, 3.63) is 64.2 Å². The standard InChI is InChI=1S/C24H23F3N2O2S2/c1-15-21(33-23(28-15)16-5-7-18(8-6-16)24(25,26)27)14-32-19-9-10-20-17(12-19)4-3-11-29(20)13-22(30)31-2/h5-10,12H,3-4,11,13-14H2,1-2H3. The summed E-state index contributed by atoms with van der Waals surface area (Å²) in [5.41, 5.74) is 3.22. The topological polar surface area (TPSA) is 42.4 Å². The van der Waals surface area contributed by atoms with E-state index in [-0.39, 0.29) is 12.5 Å². The Morgan fingerprint density at radius 3 is 2.67 bits per heavy atom. The molecule has 4 nitrogen and oxygen atoms in total. The minimum atomic E-state index is -4.34. The van der Waals surface area contributed by atoms with Gasteiger partial charge in [-0.25, -0.2) is 4.98 Å². The summed E-state index contributed by atoms with van der Waals surface area (Å²) in [6.45, 7) is 3.02. The number of benzene rings is 2. The first kappa shape index (κ1) is 23.6. The second-order valence-electron chi connectivity index (χ2n) is 7.78. The number of esters is 1. The number of aromatic nitrogens is 1. The summed E-state index contributed by atoms with van der Waals surface area (Å²) in [6, 6.07) is 11.4. The molecule has 0 saturated heterocycles. The van der Waals surface area contributed by atoms with Crippen LogP contribution in [0.5, 0.6) is 0 Å². The lowest BCUT2D eigenvalue weighted by molar-refractivity contribution is -0.139. The second-order valence-corrected chi connectivity index (χ2v) is 9.92. The Hall–Kier alpha value is -2.52. The predicted octanol–water partition coefficient (Wildman–Crippen LogP) is 6.36. The van der Waals surface area contributed by atoms with Crippen molar-refractivity contribution in [1.82, 2.24) is 4.98 Å². The van der Waals surface area contributed by atoms with Gasteiger partial charge < -0.3 is 9.64 Å². The van der Waals surface area contributed by atoms with E-state index in [0.717, 1.165) is 63.4 Å². The van der Waals surface area contributed by atoms with Gasteiger partial charge in [-0.15, -0.1) is 23.1 Å². The van der Waals surface area contributed by atoms with E-state index >= 15 is 0 Å². The fraction of sp³-hybridized carbons (Fsp3) is 0.333. The van der Waals surface area contributed by atoms with Gasteiger partial charge in [-0.2, -0.15) is 13.2 Å². The zero-order chi connectivity index (χ0) is 23.6. The lowest BCUT2D eigenvalue weighted by Gasteiger charge is -2.30. The van der Waals surface area contributed by atoms with Crippen LogP contribution in [0.2, 0.25) is 0 Å². The van der Waals surface area contributed by atoms with Gasteiger partial charge in [-0.1, -0.05) is 12.1 Å². The van der Waals surface area contributed by atoms with Crippen molar-refractivity contribution in [3.8, 4) is 10.6 Å². The van der Waals surface area contributed by atoms with Gasteiger partial charge in [0.15, 0.2) is 0 Å². The quantitative estimate of drug-likeness (QED) is 0.296. The highest BCUT2D eigenvalue weighted by atomic mass is 32.2. The SMILES string of the molecule is COC(=O)CN1CCCc2cc(SCc3sc(-c4ccc(C(F)(F)F)cc4)nc3C)ccc21. The Balaban J connectivity index is 1.45. The molecule has 1 aromatic heterocycles. The molecular formula is C24H23F3N2O2S2. The zero-order valence-corrected chi connectivity index (χ0v) is 19.9. The number of aryl methyl sites for hydroxylation is 2. The summed E-state index contributed by atoms with van der Waals surface area (Å²) in [5, 5.41) is 0.723. The average Bonchev–Trinajstić information content (AvgIpc) is 3.17. The highest BCUT2D eigenvalue weighted by Gasteiger charge is 2.30. The van der Waals surface area contributed by atoms with Gasteiger partial charge in [-0.3, -0.25) is 4.79 Å². The van der Waals surface area contributed by atoms with Crippen LogP contribution < -0.4 is 4.90 Å². The van der Waals surface area contributed by atoms with Crippen molar-refractivity contribution in [3.63, 3.8) is 0 Å². The Morgan fingerprint density at radius 1 is 1.21 bits per heavy atom. The molecule has 2 heterocycles. The molecule has 0 saturated carbocycles. The fourth-order valence-electron chi connectivity index (χ4n) is 3.76. The van der Waals surface area contributed by atoms with Gasteiger partial charge in [0.1, 0.15) is 11.6 Å². The van der Waals surface area contributed by atoms with Crippen molar-refractivity contribution in [2.45, 2.75) is 36.6 Å². The normalized spacial score (nSPS) is 13.7. The number of thioether (sulfide) groups is 1. The first-order chi connectivity index (χ1) is 15.7. The Morgan fingerprint density at radius 2 is 1.97 bits per heavy atom. The van der Waals surface area contributed by atoms with Crippen molar-refractivity contribution in [2.75, 3.05) is 25.1 Å². The lowest BCUT2D eigenvalue weighted by Crippen LogP contribution is -2.34. The van der Waals surface area contributed by atoms with Crippen LogP contribution in [0, 0.1) is 6.92 Å². The molecule has 0 unspecified atom stereocenters. The third-order valence-corrected chi connectivity index (χ3v) is 7.94. The summed E-state index contributed by atoms with van der Waals surface area (Å²) < 4.78 is 43.2. The van der Waals surface area contributed by atoms with E-state index in [0.29, 0.717) is 5.56 Å². The molecule has 0 bridgehead atoms. The number of anilines is 1. The number of nitrogens with zero attached hydrogens (tertiary/aromatic N) is 2. The van der Waals surface area contributed by atoms with Crippen LogP contribution in [-0.2, 0) is 27.9 Å². The number of hydrogen-bond acceptors (Lipinski definition) is 6. The molecule has 0 N–H and O–H groups in total. The van der Waals surface area contributed by atoms with Crippen molar-refractivity contribution >= 4 is 34.8 Å². The fourth-order valence-corrected chi connectivity index (χ4v) is 5.93. The number of fused-ring (bicyclic) bond motifs is 1. The molecule has 9 heteroatoms. The highest BCUT2D eigenvalue weighted by molar-refractivity contribution is 7.98. The van der Waals surface area contributed by atoms with Gasteiger partial charge in [0, 0.05) is 33.3 Å². The van der Waals surface area contributed by atoms with Crippen LogP contribution in [0.15, 0.2) is 47.4 Å². The number of carbonyl (C=O) groups is 1. The molecule has 2 aromatic carbocycles. The van der Waals surface area contributed by atoms with Crippen LogP contribution in [-0.4, -0.2) is 31.2 Å². The maximum absolute atomic E-state index is 12.8. The first-order valence-corrected chi connectivity index (χ1v) is 12.3. The number of thiazole rings is 1. The number of alkyl halides is 3. The third kappa shape index (κ3) is 5.52. The van der Waals surface area contributed by atoms with Gasteiger partial charge in [0.2, 0.25) is 0 Å². The Labute approximate surface area is 198 Å². The maximum atomic E-state index is 12.8. The average molecular weight is 493 g/mol. The molecule has 0 radical (unpaired) electrons. The number of ether oxygens (including phenoxy) is 1. The van der Waals surface area contributed by atoms with Crippen LogP contribution >= 0.6 is 23.1 Å². The van der Waals surface area contributed by atoms with Gasteiger partial charge in [0.05, 0.1) is 18.4 Å². The van der Waals surface area contributed by atoms with Crippen molar-refractivity contribution in [1.29, 1.82) is 0 Å². The molecule has 0 spiro atoms. The minimum Gasteiger partial charge on any atom is -0.468 e. The summed E-state index contributed by atoms with van der Waals surface area (Å²) in [4.78, 5) is 20.6. The highest BCUT2D eigenvalue weighted by Crippen LogP contribution is 2.36. The number of carbonyl (C=O) groups excluding carboxylic acids is 1. The van der Waals surface area contributed by atoms with Crippen molar-refractivity contribution in [2.24, 2.45) is 0 Å². The van der Waals surface area contributed by atoms with E-state index in [2.05, 4.69) is 28.1 Å². The van der Waals surface area contributed by atoms with Crippen LogP contribution in [0.25, 0.3) is 10.6 Å². The number of halogens is 3. The number of methoxy groups -OCH3 is 1. The molecule has 4 rings (SSSR count). The van der Waals surface area contributed by atoms with Crippen molar-refractivity contribution < 1.29 is 22.7 Å². The lowest BCUT2D eigenvalue weighted by atomic mass is 10.0. The molecule has 3 aromatic rings. The van der Waals surface area contributed by atoms with E-state index in [1.54, 1.807) is 11.8 Å². The van der Waals surface area contributed by atoms with Gasteiger partial charge >= 0.3 is 12.1 Å². The summed E-state index contributed by atoms with van der Waals surface area (Å²) in [5.74, 6) is 0.486. The van der Waals surface area contributed by atoms with Crippen LogP contribution in [0.4, 0.5) is 18.9 Å². The largest absolute Gasteiger partial charge is 0.468 e. The third-order valence-electron chi connectivity index (χ3n) is 5.54. The minimum absolute atomic E-state index is 0.245. The molecule has 0 atom stereocenters. The smallest absolute Gasteiger partial charge is 0.416 e. The van der Waals surface area contributed by atoms with Gasteiger partial charge in [-0.05, 0) is 55.7 Å². The molecule has 0 amide bonds.